The van der Waals surface area contributed by atoms with E-state index in [1.165, 1.54) is 57.8 Å². The molecule has 0 saturated heterocycles. The van der Waals surface area contributed by atoms with Gasteiger partial charge >= 0.3 is 0 Å². The van der Waals surface area contributed by atoms with Gasteiger partial charge in [0.05, 0.1) is 0 Å². The third-order valence-electron chi connectivity index (χ3n) is 3.04. The lowest BCUT2D eigenvalue weighted by atomic mass is 10.1. The third kappa shape index (κ3) is 11.6. The zero-order chi connectivity index (χ0) is 12.1. The van der Waals surface area contributed by atoms with E-state index in [-0.39, 0.29) is 0 Å². The summed E-state index contributed by atoms with van der Waals surface area (Å²) in [6.45, 7) is 4.41. The van der Waals surface area contributed by atoms with E-state index in [0.717, 1.165) is 18.5 Å². The molecule has 16 heavy (non-hydrogen) atoms. The number of hydrogen-bond acceptors (Lipinski definition) is 1. The Morgan fingerprint density at radius 1 is 0.812 bits per heavy atom. The average Bonchev–Trinajstić information content (AvgIpc) is 2.27. The SMILES string of the molecule is CCC=C(N)CCCCCCCCCCC. The number of nitrogens with two attached hydrogens (primary N) is 1. The standard InChI is InChI=1S/C15H31N/c1-3-5-6-7-8-9-10-11-12-14-15(16)13-4-2/h13H,3-12,14,16H2,1-2H3. The summed E-state index contributed by atoms with van der Waals surface area (Å²) in [6, 6.07) is 0. The lowest BCUT2D eigenvalue weighted by Crippen LogP contribution is -1.96. The van der Waals surface area contributed by atoms with E-state index in [1.54, 1.807) is 0 Å². The van der Waals surface area contributed by atoms with Crippen LogP contribution in [0.2, 0.25) is 0 Å². The molecule has 0 saturated carbocycles. The molecule has 0 aromatic rings. The first-order valence-corrected chi connectivity index (χ1v) is 7.25. The van der Waals surface area contributed by atoms with Crippen molar-refractivity contribution in [1.82, 2.24) is 0 Å². The van der Waals surface area contributed by atoms with E-state index in [2.05, 4.69) is 19.9 Å². The summed E-state index contributed by atoms with van der Waals surface area (Å²) in [7, 11) is 0. The Bertz CT molecular complexity index is 161. The van der Waals surface area contributed by atoms with Gasteiger partial charge in [0.1, 0.15) is 0 Å². The quantitative estimate of drug-likeness (QED) is 0.483. The molecule has 0 aromatic carbocycles. The molecule has 0 atom stereocenters. The van der Waals surface area contributed by atoms with Crippen molar-refractivity contribution in [1.29, 1.82) is 0 Å². The minimum atomic E-state index is 1.07. The first-order chi connectivity index (χ1) is 7.81. The second-order valence-corrected chi connectivity index (χ2v) is 4.77. The third-order valence-corrected chi connectivity index (χ3v) is 3.04. The van der Waals surface area contributed by atoms with Crippen molar-refractivity contribution >= 4 is 0 Å². The van der Waals surface area contributed by atoms with Crippen LogP contribution in [0.4, 0.5) is 0 Å². The number of allylic oxidation sites excluding steroid dienone is 2. The summed E-state index contributed by atoms with van der Waals surface area (Å²) in [5.41, 5.74) is 6.93. The minimum absolute atomic E-state index is 1.07. The predicted octanol–water partition coefficient (Wildman–Crippen LogP) is 5.16. The molecule has 96 valence electrons. The normalized spacial score (nSPS) is 12.0. The zero-order valence-electron chi connectivity index (χ0n) is 11.4. The van der Waals surface area contributed by atoms with E-state index in [9.17, 15) is 0 Å². The summed E-state index contributed by atoms with van der Waals surface area (Å²) in [4.78, 5) is 0. The summed E-state index contributed by atoms with van der Waals surface area (Å²) in [5.74, 6) is 0. The van der Waals surface area contributed by atoms with Gasteiger partial charge in [-0.2, -0.15) is 0 Å². The topological polar surface area (TPSA) is 26.0 Å². The zero-order valence-corrected chi connectivity index (χ0v) is 11.4. The van der Waals surface area contributed by atoms with Gasteiger partial charge in [-0.25, -0.2) is 0 Å². The summed E-state index contributed by atoms with van der Waals surface area (Å²) in [6.07, 6.45) is 16.8. The lowest BCUT2D eigenvalue weighted by molar-refractivity contribution is 0.564. The van der Waals surface area contributed by atoms with Gasteiger partial charge in [0.2, 0.25) is 0 Å². The summed E-state index contributed by atoms with van der Waals surface area (Å²) >= 11 is 0. The molecule has 0 rings (SSSR count). The number of hydrogen-bond donors (Lipinski definition) is 1. The van der Waals surface area contributed by atoms with E-state index in [4.69, 9.17) is 5.73 Å². The molecule has 0 aliphatic rings. The van der Waals surface area contributed by atoms with Crippen molar-refractivity contribution in [3.63, 3.8) is 0 Å². The van der Waals surface area contributed by atoms with Crippen molar-refractivity contribution in [2.24, 2.45) is 5.73 Å². The summed E-state index contributed by atoms with van der Waals surface area (Å²) in [5, 5.41) is 0. The van der Waals surface area contributed by atoms with Gasteiger partial charge in [-0.3, -0.25) is 0 Å². The van der Waals surface area contributed by atoms with Gasteiger partial charge < -0.3 is 5.73 Å². The molecule has 0 radical (unpaired) electrons. The predicted molar refractivity (Wildman–Crippen MR) is 74.4 cm³/mol. The Labute approximate surface area is 102 Å². The molecule has 0 aromatic heterocycles. The Kier molecular flexibility index (Phi) is 12.2. The van der Waals surface area contributed by atoms with Crippen LogP contribution in [-0.2, 0) is 0 Å². The minimum Gasteiger partial charge on any atom is -0.402 e. The van der Waals surface area contributed by atoms with Gasteiger partial charge in [0.15, 0.2) is 0 Å². The van der Waals surface area contributed by atoms with Crippen molar-refractivity contribution in [2.45, 2.75) is 84.5 Å². The van der Waals surface area contributed by atoms with Crippen molar-refractivity contribution in [3.05, 3.63) is 11.8 Å². The average molecular weight is 225 g/mol. The molecule has 0 amide bonds. The molecule has 1 heteroatoms. The van der Waals surface area contributed by atoms with Crippen LogP contribution in [0.15, 0.2) is 11.8 Å². The molecule has 0 bridgehead atoms. The van der Waals surface area contributed by atoms with Gasteiger partial charge in [-0.05, 0) is 19.3 Å². The second-order valence-electron chi connectivity index (χ2n) is 4.77. The molecular formula is C15H31N. The number of rotatable bonds is 11. The highest BCUT2D eigenvalue weighted by Gasteiger charge is 1.93. The molecule has 0 spiro atoms. The molecular weight excluding hydrogens is 194 g/mol. The van der Waals surface area contributed by atoms with E-state index >= 15 is 0 Å². The van der Waals surface area contributed by atoms with Crippen LogP contribution in [0.3, 0.4) is 0 Å². The molecule has 0 unspecified atom stereocenters. The van der Waals surface area contributed by atoms with Crippen LogP contribution < -0.4 is 5.73 Å². The fraction of sp³-hybridized carbons (Fsp3) is 0.867. The largest absolute Gasteiger partial charge is 0.402 e. The first kappa shape index (κ1) is 15.5. The maximum Gasteiger partial charge on any atom is 0.00398 e. The van der Waals surface area contributed by atoms with Crippen LogP contribution in [0.25, 0.3) is 0 Å². The van der Waals surface area contributed by atoms with Crippen LogP contribution in [0, 0.1) is 0 Å². The molecule has 2 N–H and O–H groups in total. The van der Waals surface area contributed by atoms with Gasteiger partial charge in [0.25, 0.3) is 0 Å². The van der Waals surface area contributed by atoms with Crippen molar-refractivity contribution in [2.75, 3.05) is 0 Å². The maximum atomic E-state index is 5.84. The molecule has 0 heterocycles. The molecule has 0 aliphatic carbocycles. The van der Waals surface area contributed by atoms with Gasteiger partial charge in [-0.1, -0.05) is 71.3 Å². The number of unbranched alkanes of at least 4 members (excludes halogenated alkanes) is 8. The molecule has 1 nitrogen and oxygen atoms in total. The van der Waals surface area contributed by atoms with Gasteiger partial charge in [-0.15, -0.1) is 0 Å². The fourth-order valence-electron chi connectivity index (χ4n) is 2.00. The van der Waals surface area contributed by atoms with E-state index < -0.39 is 0 Å². The van der Waals surface area contributed by atoms with Crippen LogP contribution in [0.5, 0.6) is 0 Å². The first-order valence-electron chi connectivity index (χ1n) is 7.25. The highest BCUT2D eigenvalue weighted by Crippen LogP contribution is 2.11. The Hall–Kier alpha value is -0.460. The highest BCUT2D eigenvalue weighted by molar-refractivity contribution is 4.95. The van der Waals surface area contributed by atoms with Crippen LogP contribution >= 0.6 is 0 Å². The Morgan fingerprint density at radius 2 is 1.31 bits per heavy atom. The fourth-order valence-corrected chi connectivity index (χ4v) is 2.00. The monoisotopic (exact) mass is 225 g/mol. The highest BCUT2D eigenvalue weighted by atomic mass is 14.6. The van der Waals surface area contributed by atoms with Crippen LogP contribution in [-0.4, -0.2) is 0 Å². The molecule has 0 aliphatic heterocycles. The summed E-state index contributed by atoms with van der Waals surface area (Å²) < 4.78 is 0. The Morgan fingerprint density at radius 3 is 1.81 bits per heavy atom. The van der Waals surface area contributed by atoms with Crippen LogP contribution in [0.1, 0.15) is 84.5 Å². The van der Waals surface area contributed by atoms with E-state index in [0.29, 0.717) is 0 Å². The van der Waals surface area contributed by atoms with Crippen molar-refractivity contribution < 1.29 is 0 Å². The smallest absolute Gasteiger partial charge is 0.00398 e. The molecule has 0 fully saturated rings. The van der Waals surface area contributed by atoms with Crippen molar-refractivity contribution in [3.8, 4) is 0 Å². The maximum absolute atomic E-state index is 5.84. The lowest BCUT2D eigenvalue weighted by Gasteiger charge is -2.02. The van der Waals surface area contributed by atoms with E-state index in [1.807, 2.05) is 0 Å². The van der Waals surface area contributed by atoms with Gasteiger partial charge in [0, 0.05) is 5.70 Å². The second kappa shape index (κ2) is 12.6. The Balaban J connectivity index is 3.07.